The molecule has 1 N–H and O–H groups in total. The van der Waals surface area contributed by atoms with Gasteiger partial charge < -0.3 is 9.80 Å². The third-order valence-electron chi connectivity index (χ3n) is 8.77. The van der Waals surface area contributed by atoms with Gasteiger partial charge in [0.25, 0.3) is 0 Å². The predicted molar refractivity (Wildman–Crippen MR) is 139 cm³/mol. The van der Waals surface area contributed by atoms with Crippen molar-refractivity contribution in [2.75, 3.05) is 39.0 Å². The van der Waals surface area contributed by atoms with Crippen LogP contribution in [0.25, 0.3) is 0 Å². The van der Waals surface area contributed by atoms with Crippen LogP contribution in [0.1, 0.15) is 56.1 Å². The van der Waals surface area contributed by atoms with Crippen LogP contribution in [-0.4, -0.2) is 75.9 Å². The Morgan fingerprint density at radius 3 is 2.38 bits per heavy atom. The molecular formula is C28H35N7O2. The maximum Gasteiger partial charge on any atom is 0.321 e. The van der Waals surface area contributed by atoms with E-state index in [2.05, 4.69) is 69.5 Å². The molecule has 37 heavy (non-hydrogen) atoms. The SMILES string of the molecule is CN(C)C1(c2ccccc2)CCC2(CC1)CN(CC(=O)Nc1ncc(C#N)cn1)C(=O)N2CC1CCC1. The Morgan fingerprint density at radius 2 is 1.81 bits per heavy atom. The van der Waals surface area contributed by atoms with Gasteiger partial charge in [-0.1, -0.05) is 36.8 Å². The monoisotopic (exact) mass is 501 g/mol. The zero-order valence-corrected chi connectivity index (χ0v) is 21.7. The molecule has 2 aliphatic carbocycles. The van der Waals surface area contributed by atoms with Gasteiger partial charge in [-0.15, -0.1) is 0 Å². The highest BCUT2D eigenvalue weighted by atomic mass is 16.2. The van der Waals surface area contributed by atoms with Crippen LogP contribution in [0.3, 0.4) is 0 Å². The van der Waals surface area contributed by atoms with Crippen molar-refractivity contribution in [1.82, 2.24) is 24.7 Å². The number of rotatable bonds is 7. The lowest BCUT2D eigenvalue weighted by atomic mass is 9.68. The average molecular weight is 502 g/mol. The fraction of sp³-hybridized carbons (Fsp3) is 0.536. The second-order valence-corrected chi connectivity index (χ2v) is 11.0. The van der Waals surface area contributed by atoms with Crippen LogP contribution in [0.15, 0.2) is 42.7 Å². The van der Waals surface area contributed by atoms with E-state index in [-0.39, 0.29) is 35.5 Å². The van der Waals surface area contributed by atoms with Crippen LogP contribution in [0.2, 0.25) is 0 Å². The summed E-state index contributed by atoms with van der Waals surface area (Å²) in [5.74, 6) is 0.353. The van der Waals surface area contributed by atoms with Gasteiger partial charge in [-0.2, -0.15) is 5.26 Å². The zero-order chi connectivity index (χ0) is 26.0. The first-order valence-electron chi connectivity index (χ1n) is 13.2. The quantitative estimate of drug-likeness (QED) is 0.622. The minimum absolute atomic E-state index is 0.0391. The summed E-state index contributed by atoms with van der Waals surface area (Å²) >= 11 is 0. The number of nitrogens with one attached hydrogen (secondary N) is 1. The largest absolute Gasteiger partial charge is 0.321 e. The Hall–Kier alpha value is -3.51. The molecule has 1 saturated heterocycles. The molecular weight excluding hydrogens is 466 g/mol. The molecule has 3 amide bonds. The summed E-state index contributed by atoms with van der Waals surface area (Å²) in [6, 6.07) is 12.6. The van der Waals surface area contributed by atoms with E-state index in [0.29, 0.717) is 18.0 Å². The summed E-state index contributed by atoms with van der Waals surface area (Å²) in [5, 5.41) is 11.6. The Balaban J connectivity index is 1.33. The maximum absolute atomic E-state index is 13.7. The van der Waals surface area contributed by atoms with Gasteiger partial charge >= 0.3 is 6.03 Å². The number of nitrogens with zero attached hydrogens (tertiary/aromatic N) is 6. The molecule has 1 aromatic heterocycles. The molecule has 2 heterocycles. The first-order valence-corrected chi connectivity index (χ1v) is 13.2. The second-order valence-electron chi connectivity index (χ2n) is 11.0. The number of carbonyl (C=O) groups is 2. The summed E-state index contributed by atoms with van der Waals surface area (Å²) in [6.07, 6.45) is 10.0. The molecule has 1 aromatic carbocycles. The van der Waals surface area contributed by atoms with Gasteiger partial charge in [0.2, 0.25) is 11.9 Å². The van der Waals surface area contributed by atoms with Crippen LogP contribution in [-0.2, 0) is 10.3 Å². The van der Waals surface area contributed by atoms with Gasteiger partial charge in [0.1, 0.15) is 12.6 Å². The third kappa shape index (κ3) is 4.78. The van der Waals surface area contributed by atoms with Crippen molar-refractivity contribution in [1.29, 1.82) is 5.26 Å². The highest BCUT2D eigenvalue weighted by Crippen LogP contribution is 2.49. The van der Waals surface area contributed by atoms with Gasteiger partial charge in [0.05, 0.1) is 23.5 Å². The van der Waals surface area contributed by atoms with E-state index in [1.54, 1.807) is 4.90 Å². The van der Waals surface area contributed by atoms with Gasteiger partial charge in [0, 0.05) is 18.6 Å². The first kappa shape index (κ1) is 25.2. The summed E-state index contributed by atoms with van der Waals surface area (Å²) < 4.78 is 0. The lowest BCUT2D eigenvalue weighted by molar-refractivity contribution is -0.116. The third-order valence-corrected chi connectivity index (χ3v) is 8.77. The van der Waals surface area contributed by atoms with Crippen LogP contribution >= 0.6 is 0 Å². The number of carbonyl (C=O) groups excluding carboxylic acids is 2. The molecule has 0 atom stereocenters. The number of hydrogen-bond acceptors (Lipinski definition) is 6. The molecule has 2 saturated carbocycles. The number of hydrogen-bond donors (Lipinski definition) is 1. The fourth-order valence-electron chi connectivity index (χ4n) is 6.30. The van der Waals surface area contributed by atoms with Gasteiger partial charge in [-0.05, 0) is 64.1 Å². The summed E-state index contributed by atoms with van der Waals surface area (Å²) in [5.41, 5.74) is 1.33. The van der Waals surface area contributed by atoms with Crippen molar-refractivity contribution in [2.45, 2.75) is 56.0 Å². The van der Waals surface area contributed by atoms with Crippen molar-refractivity contribution in [3.8, 4) is 6.07 Å². The number of anilines is 1. The molecule has 0 radical (unpaired) electrons. The molecule has 194 valence electrons. The topological polar surface area (TPSA) is 105 Å². The first-order chi connectivity index (χ1) is 17.8. The highest BCUT2D eigenvalue weighted by molar-refractivity contribution is 5.93. The molecule has 1 aliphatic heterocycles. The van der Waals surface area contributed by atoms with Gasteiger partial charge in [0.15, 0.2) is 0 Å². The number of urea groups is 1. The average Bonchev–Trinajstić information content (AvgIpc) is 3.12. The Kier molecular flexibility index (Phi) is 6.86. The minimum atomic E-state index is -0.332. The second kappa shape index (κ2) is 10.1. The molecule has 1 spiro atoms. The van der Waals surface area contributed by atoms with E-state index in [1.807, 2.05) is 6.07 Å². The Bertz CT molecular complexity index is 1160. The molecule has 5 rings (SSSR count). The standard InChI is InChI=1S/C28H35N7O2/c1-33(2)28(23-9-4-3-5-10-23)13-11-27(12-14-28)20-34(26(37)35(27)18-21-7-6-8-21)19-24(36)32-25-30-16-22(15-29)17-31-25/h3-5,9-10,16-17,21H,6-8,11-14,18-20H2,1-2H3,(H,30,31,32,36). The smallest absolute Gasteiger partial charge is 0.317 e. The van der Waals surface area contributed by atoms with Crippen LogP contribution in [0.4, 0.5) is 10.7 Å². The van der Waals surface area contributed by atoms with E-state index in [0.717, 1.165) is 32.2 Å². The van der Waals surface area contributed by atoms with Crippen molar-refractivity contribution in [2.24, 2.45) is 5.92 Å². The number of nitriles is 1. The molecule has 3 aliphatic rings. The molecule has 9 heteroatoms. The van der Waals surface area contributed by atoms with E-state index in [4.69, 9.17) is 5.26 Å². The van der Waals surface area contributed by atoms with Crippen LogP contribution in [0.5, 0.6) is 0 Å². The summed E-state index contributed by atoms with van der Waals surface area (Å²) in [7, 11) is 4.30. The van der Waals surface area contributed by atoms with Crippen LogP contribution < -0.4 is 5.32 Å². The highest BCUT2D eigenvalue weighted by Gasteiger charge is 2.55. The molecule has 3 fully saturated rings. The molecule has 0 unspecified atom stereocenters. The van der Waals surface area contributed by atoms with E-state index in [1.165, 1.54) is 37.2 Å². The summed E-state index contributed by atoms with van der Waals surface area (Å²) in [6.45, 7) is 1.29. The van der Waals surface area contributed by atoms with Crippen LogP contribution in [0, 0.1) is 17.2 Å². The number of aromatic nitrogens is 2. The fourth-order valence-corrected chi connectivity index (χ4v) is 6.30. The number of amides is 3. The zero-order valence-electron chi connectivity index (χ0n) is 21.7. The van der Waals surface area contributed by atoms with Crippen molar-refractivity contribution in [3.63, 3.8) is 0 Å². The predicted octanol–water partition coefficient (Wildman–Crippen LogP) is 3.59. The van der Waals surface area contributed by atoms with E-state index in [9.17, 15) is 9.59 Å². The lowest BCUT2D eigenvalue weighted by Crippen LogP contribution is -2.56. The van der Waals surface area contributed by atoms with Crippen molar-refractivity contribution < 1.29 is 9.59 Å². The molecule has 9 nitrogen and oxygen atoms in total. The van der Waals surface area contributed by atoms with Crippen molar-refractivity contribution >= 4 is 17.9 Å². The Morgan fingerprint density at radius 1 is 1.14 bits per heavy atom. The van der Waals surface area contributed by atoms with Crippen molar-refractivity contribution in [3.05, 3.63) is 53.9 Å². The normalized spacial score (nSPS) is 25.8. The van der Waals surface area contributed by atoms with E-state index >= 15 is 0 Å². The molecule has 0 bridgehead atoms. The maximum atomic E-state index is 13.7. The van der Waals surface area contributed by atoms with E-state index < -0.39 is 0 Å². The summed E-state index contributed by atoms with van der Waals surface area (Å²) in [4.78, 5) is 40.7. The Labute approximate surface area is 218 Å². The van der Waals surface area contributed by atoms with Gasteiger partial charge in [-0.3, -0.25) is 15.0 Å². The lowest BCUT2D eigenvalue weighted by Gasteiger charge is -2.51. The minimum Gasteiger partial charge on any atom is -0.317 e. The van der Waals surface area contributed by atoms with Gasteiger partial charge in [-0.25, -0.2) is 14.8 Å². The number of benzene rings is 1. The molecule has 2 aromatic rings.